The molecular formula is C32H38N2O3. The molecule has 0 saturated carbocycles. The van der Waals surface area contributed by atoms with Crippen LogP contribution in [0.5, 0.6) is 5.75 Å². The SMILES string of the molecule is CC[C@@H](Oc1ccc2c(c1)[C@@H](c1ccc(C)cc1)N(C(=O)CC(C)C)CC2)C(=O)Nc1cccc(C)c1. The smallest absolute Gasteiger partial charge is 0.265 e. The number of anilines is 1. The summed E-state index contributed by atoms with van der Waals surface area (Å²) in [6.07, 6.45) is 1.23. The molecule has 5 nitrogen and oxygen atoms in total. The fourth-order valence-electron chi connectivity index (χ4n) is 4.94. The third-order valence-corrected chi connectivity index (χ3v) is 6.87. The van der Waals surface area contributed by atoms with Gasteiger partial charge in [0, 0.05) is 18.7 Å². The van der Waals surface area contributed by atoms with Gasteiger partial charge in [-0.1, -0.05) is 68.8 Å². The van der Waals surface area contributed by atoms with Crippen molar-refractivity contribution in [2.75, 3.05) is 11.9 Å². The van der Waals surface area contributed by atoms with Gasteiger partial charge in [-0.3, -0.25) is 9.59 Å². The van der Waals surface area contributed by atoms with Crippen molar-refractivity contribution in [1.29, 1.82) is 0 Å². The van der Waals surface area contributed by atoms with E-state index in [9.17, 15) is 9.59 Å². The van der Waals surface area contributed by atoms with Crippen molar-refractivity contribution in [2.45, 2.75) is 66.0 Å². The summed E-state index contributed by atoms with van der Waals surface area (Å²) < 4.78 is 6.24. The van der Waals surface area contributed by atoms with E-state index in [-0.39, 0.29) is 17.9 Å². The van der Waals surface area contributed by atoms with Gasteiger partial charge >= 0.3 is 0 Å². The van der Waals surface area contributed by atoms with Gasteiger partial charge in [0.05, 0.1) is 6.04 Å². The van der Waals surface area contributed by atoms with E-state index in [2.05, 4.69) is 56.4 Å². The third-order valence-electron chi connectivity index (χ3n) is 6.87. The first kappa shape index (κ1) is 26.5. The lowest BCUT2D eigenvalue weighted by Crippen LogP contribution is -2.41. The quantitative estimate of drug-likeness (QED) is 0.380. The van der Waals surface area contributed by atoms with Crippen molar-refractivity contribution in [3.05, 3.63) is 94.5 Å². The molecule has 0 unspecified atom stereocenters. The van der Waals surface area contributed by atoms with E-state index < -0.39 is 6.10 Å². The Labute approximate surface area is 220 Å². The fourth-order valence-corrected chi connectivity index (χ4v) is 4.94. The van der Waals surface area contributed by atoms with Gasteiger partial charge in [0.1, 0.15) is 5.75 Å². The number of aryl methyl sites for hydroxylation is 2. The molecule has 0 aromatic heterocycles. The number of ether oxygens (including phenoxy) is 1. The minimum Gasteiger partial charge on any atom is -0.481 e. The Morgan fingerprint density at radius 1 is 1.00 bits per heavy atom. The van der Waals surface area contributed by atoms with Crippen LogP contribution in [0, 0.1) is 19.8 Å². The van der Waals surface area contributed by atoms with Crippen molar-refractivity contribution in [3.63, 3.8) is 0 Å². The number of amides is 2. The van der Waals surface area contributed by atoms with Gasteiger partial charge in [0.2, 0.25) is 5.91 Å². The minimum absolute atomic E-state index is 0.168. The number of benzene rings is 3. The maximum absolute atomic E-state index is 13.3. The molecule has 1 N–H and O–H groups in total. The number of nitrogens with zero attached hydrogens (tertiary/aromatic N) is 1. The van der Waals surface area contributed by atoms with Crippen LogP contribution in [0.2, 0.25) is 0 Å². The molecule has 4 rings (SSSR count). The molecule has 3 aromatic rings. The molecule has 0 aliphatic carbocycles. The summed E-state index contributed by atoms with van der Waals surface area (Å²) in [5.74, 6) is 0.927. The number of rotatable bonds is 8. The first-order valence-electron chi connectivity index (χ1n) is 13.3. The first-order chi connectivity index (χ1) is 17.7. The molecule has 37 heavy (non-hydrogen) atoms. The highest BCUT2D eigenvalue weighted by Crippen LogP contribution is 2.38. The van der Waals surface area contributed by atoms with E-state index in [0.717, 1.165) is 28.8 Å². The van der Waals surface area contributed by atoms with Crippen molar-refractivity contribution in [3.8, 4) is 5.75 Å². The van der Waals surface area contributed by atoms with Crippen LogP contribution in [0.3, 0.4) is 0 Å². The summed E-state index contributed by atoms with van der Waals surface area (Å²) in [7, 11) is 0. The van der Waals surface area contributed by atoms with E-state index in [1.807, 2.05) is 55.1 Å². The minimum atomic E-state index is -0.626. The maximum atomic E-state index is 13.3. The Kier molecular flexibility index (Phi) is 8.32. The Hall–Kier alpha value is -3.60. The molecule has 2 atom stereocenters. The number of carbonyl (C=O) groups is 2. The van der Waals surface area contributed by atoms with Crippen LogP contribution in [-0.2, 0) is 16.0 Å². The number of hydrogen-bond donors (Lipinski definition) is 1. The van der Waals surface area contributed by atoms with Crippen LogP contribution in [0.25, 0.3) is 0 Å². The van der Waals surface area contributed by atoms with Gasteiger partial charge in [-0.15, -0.1) is 0 Å². The molecule has 2 amide bonds. The standard InChI is InChI=1S/C32H38N2O3/c1-6-29(32(36)33-26-9-7-8-23(5)19-26)37-27-15-14-24-16-17-34(30(35)18-21(2)3)31(28(24)20-27)25-12-10-22(4)11-13-25/h7-15,19-21,29,31H,6,16-18H2,1-5H3,(H,33,36)/t29-,31-/m1/s1. The monoisotopic (exact) mass is 498 g/mol. The maximum Gasteiger partial charge on any atom is 0.265 e. The van der Waals surface area contributed by atoms with Crippen LogP contribution in [-0.4, -0.2) is 29.4 Å². The normalized spacial score (nSPS) is 15.7. The number of carbonyl (C=O) groups excluding carboxylic acids is 2. The lowest BCUT2D eigenvalue weighted by molar-refractivity contribution is -0.134. The van der Waals surface area contributed by atoms with E-state index in [0.29, 0.717) is 31.1 Å². The molecular weight excluding hydrogens is 460 g/mol. The van der Waals surface area contributed by atoms with Crippen molar-refractivity contribution < 1.29 is 14.3 Å². The van der Waals surface area contributed by atoms with Crippen LogP contribution >= 0.6 is 0 Å². The third kappa shape index (κ3) is 6.40. The lowest BCUT2D eigenvalue weighted by Gasteiger charge is -2.38. The summed E-state index contributed by atoms with van der Waals surface area (Å²) in [5, 5.41) is 2.98. The molecule has 0 bridgehead atoms. The highest BCUT2D eigenvalue weighted by molar-refractivity contribution is 5.94. The van der Waals surface area contributed by atoms with E-state index in [1.165, 1.54) is 11.1 Å². The van der Waals surface area contributed by atoms with Gasteiger partial charge in [-0.25, -0.2) is 0 Å². The average molecular weight is 499 g/mol. The van der Waals surface area contributed by atoms with Crippen LogP contribution in [0.15, 0.2) is 66.7 Å². The van der Waals surface area contributed by atoms with Crippen LogP contribution < -0.4 is 10.1 Å². The highest BCUT2D eigenvalue weighted by Gasteiger charge is 2.33. The van der Waals surface area contributed by atoms with Gasteiger partial charge < -0.3 is 15.0 Å². The first-order valence-corrected chi connectivity index (χ1v) is 13.3. The van der Waals surface area contributed by atoms with Gasteiger partial charge in [0.25, 0.3) is 5.91 Å². The van der Waals surface area contributed by atoms with Crippen LogP contribution in [0.4, 0.5) is 5.69 Å². The topological polar surface area (TPSA) is 58.6 Å². The molecule has 3 aromatic carbocycles. The Bertz CT molecular complexity index is 1250. The fraction of sp³-hybridized carbons (Fsp3) is 0.375. The molecule has 194 valence electrons. The molecule has 0 saturated heterocycles. The summed E-state index contributed by atoms with van der Waals surface area (Å²) in [6, 6.07) is 22.0. The molecule has 0 radical (unpaired) electrons. The Morgan fingerprint density at radius 2 is 1.76 bits per heavy atom. The van der Waals surface area contributed by atoms with Crippen molar-refractivity contribution >= 4 is 17.5 Å². The van der Waals surface area contributed by atoms with Gasteiger partial charge in [-0.05, 0) is 79.1 Å². The Morgan fingerprint density at radius 3 is 2.43 bits per heavy atom. The highest BCUT2D eigenvalue weighted by atomic mass is 16.5. The van der Waals surface area contributed by atoms with E-state index >= 15 is 0 Å². The van der Waals surface area contributed by atoms with Crippen LogP contribution in [0.1, 0.15) is 67.5 Å². The lowest BCUT2D eigenvalue weighted by atomic mass is 9.87. The average Bonchev–Trinajstić information content (AvgIpc) is 2.86. The van der Waals surface area contributed by atoms with Crippen molar-refractivity contribution in [2.24, 2.45) is 5.92 Å². The molecule has 0 fully saturated rings. The Balaban J connectivity index is 1.63. The zero-order chi connectivity index (χ0) is 26.5. The van der Waals surface area contributed by atoms with E-state index in [1.54, 1.807) is 0 Å². The molecule has 1 aliphatic rings. The number of fused-ring (bicyclic) bond motifs is 1. The second kappa shape index (κ2) is 11.6. The summed E-state index contributed by atoms with van der Waals surface area (Å²) in [4.78, 5) is 28.3. The summed E-state index contributed by atoms with van der Waals surface area (Å²) in [5.41, 5.74) is 6.39. The van der Waals surface area contributed by atoms with Gasteiger partial charge in [0.15, 0.2) is 6.10 Å². The predicted molar refractivity (Wildman–Crippen MR) is 149 cm³/mol. The molecule has 5 heteroatoms. The predicted octanol–water partition coefficient (Wildman–Crippen LogP) is 6.62. The zero-order valence-electron chi connectivity index (χ0n) is 22.6. The number of nitrogens with one attached hydrogen (secondary N) is 1. The largest absolute Gasteiger partial charge is 0.481 e. The summed E-state index contributed by atoms with van der Waals surface area (Å²) >= 11 is 0. The molecule has 0 spiro atoms. The van der Waals surface area contributed by atoms with E-state index in [4.69, 9.17) is 4.74 Å². The second-order valence-electron chi connectivity index (χ2n) is 10.5. The summed E-state index contributed by atoms with van der Waals surface area (Å²) in [6.45, 7) is 10.9. The van der Waals surface area contributed by atoms with Gasteiger partial charge in [-0.2, -0.15) is 0 Å². The second-order valence-corrected chi connectivity index (χ2v) is 10.5. The molecule has 1 aliphatic heterocycles. The molecule has 1 heterocycles. The number of hydrogen-bond acceptors (Lipinski definition) is 3. The van der Waals surface area contributed by atoms with Crippen molar-refractivity contribution in [1.82, 2.24) is 4.90 Å². The zero-order valence-corrected chi connectivity index (χ0v) is 22.6.